The van der Waals surface area contributed by atoms with Gasteiger partial charge in [-0.25, -0.2) is 0 Å². The summed E-state index contributed by atoms with van der Waals surface area (Å²) in [6.07, 6.45) is 1.72. The number of phenolic OH excluding ortho intramolecular Hbond substituents is 1. The third-order valence-electron chi connectivity index (χ3n) is 2.66. The normalized spacial score (nSPS) is 11.8. The van der Waals surface area contributed by atoms with E-state index in [9.17, 15) is 5.11 Å². The molecule has 1 aromatic rings. The van der Waals surface area contributed by atoms with Gasteiger partial charge in [0.15, 0.2) is 0 Å². The molecule has 0 spiro atoms. The minimum absolute atomic E-state index is 0.0910. The summed E-state index contributed by atoms with van der Waals surface area (Å²) in [5.41, 5.74) is 7.79. The summed E-state index contributed by atoms with van der Waals surface area (Å²) in [5, 5.41) is 9.93. The Kier molecular flexibility index (Phi) is 4.39. The molecule has 1 aromatic carbocycles. The fourth-order valence-electron chi connectivity index (χ4n) is 1.57. The summed E-state index contributed by atoms with van der Waals surface area (Å²) >= 11 is 3.40. The summed E-state index contributed by atoms with van der Waals surface area (Å²) < 4.78 is 0.770. The second-order valence-electron chi connectivity index (χ2n) is 5.11. The van der Waals surface area contributed by atoms with E-state index in [0.29, 0.717) is 12.3 Å². The second kappa shape index (κ2) is 5.19. The van der Waals surface area contributed by atoms with Gasteiger partial charge < -0.3 is 10.8 Å². The first kappa shape index (κ1) is 13.5. The summed E-state index contributed by atoms with van der Waals surface area (Å²) in [5.74, 6) is 0.349. The summed E-state index contributed by atoms with van der Waals surface area (Å²) in [7, 11) is 0. The standard InChI is InChI=1S/C13H20BrNO/c1-13(2,3)10-7-9(5-4-6-15)12(16)11(14)8-10/h7-8,16H,4-6,15H2,1-3H3. The molecule has 0 unspecified atom stereocenters. The maximum Gasteiger partial charge on any atom is 0.132 e. The number of benzene rings is 1. The highest BCUT2D eigenvalue weighted by atomic mass is 79.9. The van der Waals surface area contributed by atoms with Crippen molar-refractivity contribution < 1.29 is 5.11 Å². The average molecular weight is 286 g/mol. The SMILES string of the molecule is CC(C)(C)c1cc(Br)c(O)c(CCCN)c1. The Labute approximate surface area is 106 Å². The van der Waals surface area contributed by atoms with Crippen LogP contribution >= 0.6 is 15.9 Å². The van der Waals surface area contributed by atoms with E-state index in [4.69, 9.17) is 5.73 Å². The number of phenols is 1. The third kappa shape index (κ3) is 3.22. The molecule has 0 heterocycles. The van der Waals surface area contributed by atoms with E-state index in [2.05, 4.69) is 42.8 Å². The lowest BCUT2D eigenvalue weighted by Gasteiger charge is -2.21. The van der Waals surface area contributed by atoms with Crippen molar-refractivity contribution >= 4 is 15.9 Å². The lowest BCUT2D eigenvalue weighted by Crippen LogP contribution is -2.12. The Morgan fingerprint density at radius 2 is 1.94 bits per heavy atom. The van der Waals surface area contributed by atoms with Crippen LogP contribution in [0.15, 0.2) is 16.6 Å². The predicted molar refractivity (Wildman–Crippen MR) is 71.9 cm³/mol. The van der Waals surface area contributed by atoms with E-state index < -0.39 is 0 Å². The highest BCUT2D eigenvalue weighted by Gasteiger charge is 2.17. The lowest BCUT2D eigenvalue weighted by molar-refractivity contribution is 0.462. The van der Waals surface area contributed by atoms with Crippen LogP contribution in [0, 0.1) is 0 Å². The fraction of sp³-hybridized carbons (Fsp3) is 0.538. The zero-order valence-electron chi connectivity index (χ0n) is 10.2. The quantitative estimate of drug-likeness (QED) is 0.895. The Hall–Kier alpha value is -0.540. The molecule has 0 aliphatic heterocycles. The van der Waals surface area contributed by atoms with Crippen LogP contribution in [0.5, 0.6) is 5.75 Å². The minimum atomic E-state index is 0.0910. The molecular weight excluding hydrogens is 266 g/mol. The van der Waals surface area contributed by atoms with Crippen LogP contribution in [0.3, 0.4) is 0 Å². The van der Waals surface area contributed by atoms with Crippen molar-refractivity contribution in [3.8, 4) is 5.75 Å². The number of nitrogens with two attached hydrogens (primary N) is 1. The van der Waals surface area contributed by atoms with E-state index in [-0.39, 0.29) is 5.41 Å². The molecule has 3 heteroatoms. The highest BCUT2D eigenvalue weighted by molar-refractivity contribution is 9.10. The first-order chi connectivity index (χ1) is 7.36. The molecule has 0 atom stereocenters. The first-order valence-electron chi connectivity index (χ1n) is 5.58. The number of rotatable bonds is 3. The molecular formula is C13H20BrNO. The number of hydrogen-bond acceptors (Lipinski definition) is 2. The van der Waals surface area contributed by atoms with Crippen LogP contribution in [0.2, 0.25) is 0 Å². The maximum absolute atomic E-state index is 9.93. The molecule has 2 nitrogen and oxygen atoms in total. The van der Waals surface area contributed by atoms with Crippen LogP contribution in [-0.4, -0.2) is 11.7 Å². The van der Waals surface area contributed by atoms with Gasteiger partial charge >= 0.3 is 0 Å². The van der Waals surface area contributed by atoms with Gasteiger partial charge in [0.25, 0.3) is 0 Å². The number of aryl methyl sites for hydroxylation is 1. The fourth-order valence-corrected chi connectivity index (χ4v) is 2.07. The number of hydrogen-bond donors (Lipinski definition) is 2. The molecule has 1 rings (SSSR count). The zero-order chi connectivity index (χ0) is 12.3. The zero-order valence-corrected chi connectivity index (χ0v) is 11.8. The Balaban J connectivity index is 3.12. The van der Waals surface area contributed by atoms with Crippen LogP contribution in [0.25, 0.3) is 0 Å². The van der Waals surface area contributed by atoms with Crippen molar-refractivity contribution in [3.05, 3.63) is 27.7 Å². The van der Waals surface area contributed by atoms with Gasteiger partial charge in [-0.2, -0.15) is 0 Å². The summed E-state index contributed by atoms with van der Waals surface area (Å²) in [6, 6.07) is 4.07. The van der Waals surface area contributed by atoms with Gasteiger partial charge in [0, 0.05) is 0 Å². The molecule has 0 bridgehead atoms. The molecule has 0 aliphatic carbocycles. The maximum atomic E-state index is 9.93. The molecule has 0 aromatic heterocycles. The minimum Gasteiger partial charge on any atom is -0.506 e. The molecule has 0 radical (unpaired) electrons. The van der Waals surface area contributed by atoms with Gasteiger partial charge in [0.05, 0.1) is 4.47 Å². The van der Waals surface area contributed by atoms with Crippen LogP contribution in [0.4, 0.5) is 0 Å². The Morgan fingerprint density at radius 1 is 1.31 bits per heavy atom. The molecule has 0 saturated heterocycles. The first-order valence-corrected chi connectivity index (χ1v) is 6.37. The van der Waals surface area contributed by atoms with E-state index >= 15 is 0 Å². The van der Waals surface area contributed by atoms with E-state index in [1.165, 1.54) is 5.56 Å². The molecule has 0 saturated carbocycles. The van der Waals surface area contributed by atoms with Crippen molar-refractivity contribution in [3.63, 3.8) is 0 Å². The van der Waals surface area contributed by atoms with E-state index in [0.717, 1.165) is 22.9 Å². The molecule has 16 heavy (non-hydrogen) atoms. The topological polar surface area (TPSA) is 46.2 Å². The lowest BCUT2D eigenvalue weighted by atomic mass is 9.85. The van der Waals surface area contributed by atoms with Crippen molar-refractivity contribution in [2.75, 3.05) is 6.54 Å². The summed E-state index contributed by atoms with van der Waals surface area (Å²) in [4.78, 5) is 0. The number of aromatic hydroxyl groups is 1. The van der Waals surface area contributed by atoms with Crippen molar-refractivity contribution in [2.24, 2.45) is 5.73 Å². The number of halogens is 1. The van der Waals surface area contributed by atoms with E-state index in [1.54, 1.807) is 0 Å². The highest BCUT2D eigenvalue weighted by Crippen LogP contribution is 2.34. The van der Waals surface area contributed by atoms with Crippen LogP contribution in [-0.2, 0) is 11.8 Å². The average Bonchev–Trinajstić information content (AvgIpc) is 2.18. The third-order valence-corrected chi connectivity index (χ3v) is 3.26. The molecule has 0 aliphatic rings. The van der Waals surface area contributed by atoms with Gasteiger partial charge in [-0.3, -0.25) is 0 Å². The van der Waals surface area contributed by atoms with Crippen molar-refractivity contribution in [1.82, 2.24) is 0 Å². The van der Waals surface area contributed by atoms with Crippen LogP contribution in [0.1, 0.15) is 38.3 Å². The predicted octanol–water partition coefficient (Wildman–Crippen LogP) is 3.34. The van der Waals surface area contributed by atoms with Crippen molar-refractivity contribution in [1.29, 1.82) is 0 Å². The Morgan fingerprint density at radius 3 is 2.44 bits per heavy atom. The van der Waals surface area contributed by atoms with Gasteiger partial charge in [0.2, 0.25) is 0 Å². The van der Waals surface area contributed by atoms with Gasteiger partial charge in [-0.1, -0.05) is 26.8 Å². The molecule has 90 valence electrons. The van der Waals surface area contributed by atoms with Gasteiger partial charge in [-0.05, 0) is 57.9 Å². The van der Waals surface area contributed by atoms with Gasteiger partial charge in [0.1, 0.15) is 5.75 Å². The Bertz CT molecular complexity index is 369. The van der Waals surface area contributed by atoms with Gasteiger partial charge in [-0.15, -0.1) is 0 Å². The van der Waals surface area contributed by atoms with Crippen LogP contribution < -0.4 is 5.73 Å². The smallest absolute Gasteiger partial charge is 0.132 e. The molecule has 0 fully saturated rings. The summed E-state index contributed by atoms with van der Waals surface area (Å²) in [6.45, 7) is 7.15. The largest absolute Gasteiger partial charge is 0.506 e. The molecule has 3 N–H and O–H groups in total. The molecule has 0 amide bonds. The van der Waals surface area contributed by atoms with Crippen molar-refractivity contribution in [2.45, 2.75) is 39.0 Å². The second-order valence-corrected chi connectivity index (χ2v) is 5.96. The van der Waals surface area contributed by atoms with E-state index in [1.807, 2.05) is 6.07 Å². The monoisotopic (exact) mass is 285 g/mol.